The molecule has 11 nitrogen and oxygen atoms in total. The Morgan fingerprint density at radius 3 is 2.88 bits per heavy atom. The molecule has 1 atom stereocenters. The molecule has 3 N–H and O–H groups in total. The molecule has 1 amide bonds. The third kappa shape index (κ3) is 3.89. The number of amides is 1. The van der Waals surface area contributed by atoms with Crippen LogP contribution < -0.4 is 15.8 Å². The van der Waals surface area contributed by atoms with Crippen LogP contribution in [0.25, 0.3) is 34.1 Å². The highest BCUT2D eigenvalue weighted by molar-refractivity contribution is 5.96. The van der Waals surface area contributed by atoms with Gasteiger partial charge in [0.1, 0.15) is 17.1 Å². The molecular formula is C31H25N9O2. The smallest absolute Gasteiger partial charge is 0.253 e. The van der Waals surface area contributed by atoms with E-state index in [1.54, 1.807) is 29.5 Å². The Labute approximate surface area is 240 Å². The third-order valence-corrected chi connectivity index (χ3v) is 7.95. The highest BCUT2D eigenvalue weighted by atomic mass is 16.5. The number of ether oxygens (including phenoxy) is 1. The summed E-state index contributed by atoms with van der Waals surface area (Å²) >= 11 is 0. The van der Waals surface area contributed by atoms with Crippen LogP contribution in [0.5, 0.6) is 5.75 Å². The van der Waals surface area contributed by atoms with Crippen molar-refractivity contribution in [3.8, 4) is 28.6 Å². The van der Waals surface area contributed by atoms with Crippen LogP contribution in [0.3, 0.4) is 0 Å². The molecule has 0 saturated heterocycles. The van der Waals surface area contributed by atoms with E-state index in [0.717, 1.165) is 46.3 Å². The summed E-state index contributed by atoms with van der Waals surface area (Å²) < 4.78 is 9.33. The molecule has 1 aliphatic heterocycles. The predicted molar refractivity (Wildman–Crippen MR) is 156 cm³/mol. The Hall–Kier alpha value is -5.58. The lowest BCUT2D eigenvalue weighted by atomic mass is 10.0. The minimum Gasteiger partial charge on any atom is -0.491 e. The summed E-state index contributed by atoms with van der Waals surface area (Å²) in [6, 6.07) is 15.6. The number of aryl methyl sites for hydroxylation is 1. The van der Waals surface area contributed by atoms with Crippen molar-refractivity contribution in [3.63, 3.8) is 0 Å². The molecule has 5 aromatic heterocycles. The zero-order valence-corrected chi connectivity index (χ0v) is 22.4. The first-order chi connectivity index (χ1) is 20.6. The summed E-state index contributed by atoms with van der Waals surface area (Å²) in [6.45, 7) is 0.574. The number of nitrogens with one attached hydrogen (secondary N) is 1. The van der Waals surface area contributed by atoms with E-state index in [4.69, 9.17) is 20.4 Å². The van der Waals surface area contributed by atoms with Crippen molar-refractivity contribution in [2.24, 2.45) is 0 Å². The van der Waals surface area contributed by atoms with Gasteiger partial charge in [-0.2, -0.15) is 5.10 Å². The summed E-state index contributed by atoms with van der Waals surface area (Å²) in [5.41, 5.74) is 13.1. The number of nitrogens with zero attached hydrogens (tertiary/aromatic N) is 7. The molecule has 1 aliphatic carbocycles. The maximum Gasteiger partial charge on any atom is 0.253 e. The number of pyridine rings is 3. The highest BCUT2D eigenvalue weighted by Gasteiger charge is 2.28. The second kappa shape index (κ2) is 9.51. The van der Waals surface area contributed by atoms with Crippen molar-refractivity contribution in [2.45, 2.75) is 25.3 Å². The van der Waals surface area contributed by atoms with Crippen molar-refractivity contribution in [2.75, 3.05) is 12.3 Å². The average Bonchev–Trinajstić information content (AvgIpc) is 3.83. The Kier molecular flexibility index (Phi) is 5.49. The molecule has 6 heterocycles. The van der Waals surface area contributed by atoms with Gasteiger partial charge in [-0.05, 0) is 66.4 Å². The molecule has 8 rings (SSSR count). The largest absolute Gasteiger partial charge is 0.491 e. The summed E-state index contributed by atoms with van der Waals surface area (Å²) in [7, 11) is 0. The van der Waals surface area contributed by atoms with Gasteiger partial charge in [-0.25, -0.2) is 19.6 Å². The van der Waals surface area contributed by atoms with Gasteiger partial charge >= 0.3 is 0 Å². The Balaban J connectivity index is 1.19. The van der Waals surface area contributed by atoms with Crippen molar-refractivity contribution >= 4 is 22.9 Å². The number of anilines is 1. The second-order valence-corrected chi connectivity index (χ2v) is 10.4. The summed E-state index contributed by atoms with van der Waals surface area (Å²) in [5, 5.41) is 7.58. The topological polar surface area (TPSA) is 139 Å². The van der Waals surface area contributed by atoms with Gasteiger partial charge in [0.15, 0.2) is 17.3 Å². The molecule has 0 spiro atoms. The maximum atomic E-state index is 13.3. The zero-order valence-electron chi connectivity index (χ0n) is 22.4. The van der Waals surface area contributed by atoms with E-state index in [1.807, 2.05) is 47.2 Å². The number of rotatable bonds is 5. The van der Waals surface area contributed by atoms with E-state index in [2.05, 4.69) is 32.5 Å². The van der Waals surface area contributed by atoms with Gasteiger partial charge in [-0.1, -0.05) is 6.07 Å². The van der Waals surface area contributed by atoms with Gasteiger partial charge in [0.2, 0.25) is 0 Å². The number of nitrogens with two attached hydrogens (primary N) is 1. The van der Waals surface area contributed by atoms with E-state index in [1.165, 1.54) is 0 Å². The number of carbonyl (C=O) groups is 1. The second-order valence-electron chi connectivity index (χ2n) is 10.4. The lowest BCUT2D eigenvalue weighted by molar-refractivity contribution is 0.0935. The van der Waals surface area contributed by atoms with Gasteiger partial charge in [0, 0.05) is 42.5 Å². The first kappa shape index (κ1) is 24.2. The third-order valence-electron chi connectivity index (χ3n) is 7.95. The van der Waals surface area contributed by atoms with Crippen molar-refractivity contribution < 1.29 is 9.53 Å². The standard InChI is InChI=1S/C31H25N9O2/c32-28-22(3-1-11-34-28)29-36-25-8-9-27(39-13-2-12-35-39)38-30(25)40(29)19-5-6-20-18(15-19)4-7-24(20)37-31(41)23-16-33-17-26-21(23)10-14-42-26/h1-3,5-6,8-9,11-13,15-17,24H,4,7,10,14H2,(H2,32,34)(H,37,41)/t24-/m0/s1. The summed E-state index contributed by atoms with van der Waals surface area (Å²) in [4.78, 5) is 31.7. The molecular weight excluding hydrogens is 530 g/mol. The predicted octanol–water partition coefficient (Wildman–Crippen LogP) is 4.00. The lowest BCUT2D eigenvalue weighted by Crippen LogP contribution is -2.28. The van der Waals surface area contributed by atoms with Crippen LogP contribution in [-0.4, -0.2) is 46.8 Å². The molecule has 0 radical (unpaired) electrons. The molecule has 0 saturated carbocycles. The first-order valence-electron chi connectivity index (χ1n) is 13.8. The van der Waals surface area contributed by atoms with E-state index in [0.29, 0.717) is 47.4 Å². The van der Waals surface area contributed by atoms with Crippen LogP contribution in [-0.2, 0) is 12.8 Å². The number of aromatic nitrogens is 7. The lowest BCUT2D eigenvalue weighted by Gasteiger charge is -2.16. The molecule has 0 fully saturated rings. The SMILES string of the molecule is Nc1ncccc1-c1nc2ccc(-n3cccn3)nc2n1-c1ccc2c(c1)CC[C@@H]2NC(=O)c1cncc2c1CCO2. The van der Waals surface area contributed by atoms with Crippen LogP contribution in [0.1, 0.15) is 39.5 Å². The molecule has 206 valence electrons. The molecule has 11 heteroatoms. The van der Waals surface area contributed by atoms with E-state index >= 15 is 0 Å². The maximum absolute atomic E-state index is 13.3. The van der Waals surface area contributed by atoms with Crippen molar-refractivity contribution in [1.29, 1.82) is 0 Å². The van der Waals surface area contributed by atoms with Gasteiger partial charge in [-0.15, -0.1) is 0 Å². The van der Waals surface area contributed by atoms with Crippen LogP contribution in [0, 0.1) is 0 Å². The van der Waals surface area contributed by atoms with E-state index in [-0.39, 0.29) is 11.9 Å². The number of imidazole rings is 1. The molecule has 0 bridgehead atoms. The van der Waals surface area contributed by atoms with Crippen molar-refractivity contribution in [3.05, 3.63) is 102 Å². The number of nitrogen functional groups attached to an aromatic ring is 1. The van der Waals surface area contributed by atoms with Gasteiger partial charge < -0.3 is 15.8 Å². The fourth-order valence-corrected chi connectivity index (χ4v) is 5.95. The molecule has 2 aliphatic rings. The van der Waals surface area contributed by atoms with E-state index < -0.39 is 0 Å². The Bertz CT molecular complexity index is 2000. The van der Waals surface area contributed by atoms with Crippen molar-refractivity contribution in [1.82, 2.24) is 39.6 Å². The summed E-state index contributed by atoms with van der Waals surface area (Å²) in [5.74, 6) is 2.28. The molecule has 42 heavy (non-hydrogen) atoms. The number of hydrogen-bond acceptors (Lipinski definition) is 8. The molecule has 6 aromatic rings. The van der Waals surface area contributed by atoms with Gasteiger partial charge in [0.25, 0.3) is 5.91 Å². The van der Waals surface area contributed by atoms with Gasteiger partial charge in [0.05, 0.1) is 30.0 Å². The minimum absolute atomic E-state index is 0.0998. The number of fused-ring (bicyclic) bond motifs is 3. The minimum atomic E-state index is -0.128. The van der Waals surface area contributed by atoms with Crippen LogP contribution in [0.2, 0.25) is 0 Å². The summed E-state index contributed by atoms with van der Waals surface area (Å²) in [6.07, 6.45) is 10.9. The monoisotopic (exact) mass is 555 g/mol. The van der Waals surface area contributed by atoms with Gasteiger partial charge in [-0.3, -0.25) is 14.3 Å². The fraction of sp³-hybridized carbons (Fsp3) is 0.161. The normalized spacial score (nSPS) is 15.4. The molecule has 1 aromatic carbocycles. The van der Waals surface area contributed by atoms with Crippen LogP contribution in [0.4, 0.5) is 5.82 Å². The quantitative estimate of drug-likeness (QED) is 0.326. The highest BCUT2D eigenvalue weighted by Crippen LogP contribution is 2.36. The average molecular weight is 556 g/mol. The van der Waals surface area contributed by atoms with E-state index in [9.17, 15) is 4.79 Å². The number of benzene rings is 1. The zero-order chi connectivity index (χ0) is 28.2. The number of hydrogen-bond donors (Lipinski definition) is 2. The fourth-order valence-electron chi connectivity index (χ4n) is 5.95. The Morgan fingerprint density at radius 1 is 1.05 bits per heavy atom. The van der Waals surface area contributed by atoms with Crippen LogP contribution >= 0.6 is 0 Å². The van der Waals surface area contributed by atoms with Crippen LogP contribution in [0.15, 0.2) is 79.5 Å². The first-order valence-corrected chi connectivity index (χ1v) is 13.8. The number of carbonyl (C=O) groups excluding carboxylic acids is 1. The Morgan fingerprint density at radius 2 is 2.00 bits per heavy atom. The molecule has 0 unspecified atom stereocenters.